The Balaban J connectivity index is 2.13. The predicted molar refractivity (Wildman–Crippen MR) is 113 cm³/mol. The number of benzene rings is 1. The van der Waals surface area contributed by atoms with Gasteiger partial charge in [-0.15, -0.1) is 0 Å². The summed E-state index contributed by atoms with van der Waals surface area (Å²) in [5.41, 5.74) is 7.72. The second kappa shape index (κ2) is 8.99. The Morgan fingerprint density at radius 3 is 2.54 bits per heavy atom. The lowest BCUT2D eigenvalue weighted by Gasteiger charge is -2.38. The molecule has 1 aliphatic rings. The van der Waals surface area contributed by atoms with Gasteiger partial charge in [0.05, 0.1) is 0 Å². The zero-order valence-electron chi connectivity index (χ0n) is 16.5. The highest BCUT2D eigenvalue weighted by Crippen LogP contribution is 2.39. The van der Waals surface area contributed by atoms with E-state index in [9.17, 15) is 0 Å². The normalized spacial score (nSPS) is 18.2. The first kappa shape index (κ1) is 20.2. The van der Waals surface area contributed by atoms with Crippen molar-refractivity contribution in [3.05, 3.63) is 42.5 Å². The van der Waals surface area contributed by atoms with Gasteiger partial charge < -0.3 is 5.32 Å². The van der Waals surface area contributed by atoms with Gasteiger partial charge >= 0.3 is 0 Å². The lowest BCUT2D eigenvalue weighted by molar-refractivity contribution is 0.154. The summed E-state index contributed by atoms with van der Waals surface area (Å²) >= 11 is 0. The summed E-state index contributed by atoms with van der Waals surface area (Å²) in [6.07, 6.45) is 7.71. The molecule has 3 N–H and O–H groups in total. The van der Waals surface area contributed by atoms with Crippen molar-refractivity contribution in [2.24, 2.45) is 20.8 Å². The third-order valence-electron chi connectivity index (χ3n) is 5.01. The molecule has 1 saturated carbocycles. The molecule has 1 aromatic rings. The van der Waals surface area contributed by atoms with Crippen molar-refractivity contribution in [3.63, 3.8) is 0 Å². The van der Waals surface area contributed by atoms with Gasteiger partial charge in [-0.3, -0.25) is 10.4 Å². The molecule has 1 unspecified atom stereocenters. The van der Waals surface area contributed by atoms with Crippen LogP contribution in [-0.2, 0) is 0 Å². The van der Waals surface area contributed by atoms with Gasteiger partial charge in [0.2, 0.25) is 5.96 Å². The number of nitrogens with zero attached hydrogens (tertiary/aromatic N) is 2. The average Bonchev–Trinajstić information content (AvgIpc) is 2.58. The number of rotatable bonds is 8. The van der Waals surface area contributed by atoms with E-state index >= 15 is 0 Å². The van der Waals surface area contributed by atoms with Crippen LogP contribution in [0.2, 0.25) is 0 Å². The average molecular weight is 356 g/mol. The molecule has 0 heterocycles. The molecule has 5 nitrogen and oxygen atoms in total. The Kier molecular flexibility index (Phi) is 6.98. The number of para-hydroxylation sites is 1. The third kappa shape index (κ3) is 5.70. The fraction of sp³-hybridized carbons (Fsp3) is 0.524. The summed E-state index contributed by atoms with van der Waals surface area (Å²) in [6, 6.07) is 10.0. The van der Waals surface area contributed by atoms with Gasteiger partial charge in [-0.1, -0.05) is 57.5 Å². The largest absolute Gasteiger partial charge is 0.325 e. The lowest BCUT2D eigenvalue weighted by atomic mass is 9.71. The minimum atomic E-state index is -0.293. The fourth-order valence-corrected chi connectivity index (χ4v) is 3.13. The van der Waals surface area contributed by atoms with Crippen molar-refractivity contribution in [2.75, 3.05) is 11.9 Å². The first-order valence-electron chi connectivity index (χ1n) is 9.37. The Labute approximate surface area is 158 Å². The minimum absolute atomic E-state index is 0.220. The molecular formula is C21H33N5. The van der Waals surface area contributed by atoms with Gasteiger partial charge in [0.1, 0.15) is 0 Å². The molecule has 0 aliphatic heterocycles. The number of hydrogen-bond donors (Lipinski definition) is 3. The first-order valence-corrected chi connectivity index (χ1v) is 9.37. The van der Waals surface area contributed by atoms with E-state index < -0.39 is 0 Å². The molecule has 5 heteroatoms. The molecular weight excluding hydrogens is 322 g/mol. The fourth-order valence-electron chi connectivity index (χ4n) is 3.13. The summed E-state index contributed by atoms with van der Waals surface area (Å²) in [4.78, 5) is 9.04. The van der Waals surface area contributed by atoms with E-state index in [4.69, 9.17) is 4.99 Å². The van der Waals surface area contributed by atoms with Crippen LogP contribution in [0.15, 0.2) is 52.5 Å². The zero-order valence-corrected chi connectivity index (χ0v) is 16.5. The summed E-state index contributed by atoms with van der Waals surface area (Å²) < 4.78 is 0. The van der Waals surface area contributed by atoms with Gasteiger partial charge in [-0.05, 0) is 44.0 Å². The maximum Gasteiger partial charge on any atom is 0.212 e. The molecule has 142 valence electrons. The molecule has 26 heavy (non-hydrogen) atoms. The van der Waals surface area contributed by atoms with Crippen molar-refractivity contribution in [1.29, 1.82) is 0 Å². The van der Waals surface area contributed by atoms with Crippen LogP contribution in [0.5, 0.6) is 0 Å². The second-order valence-corrected chi connectivity index (χ2v) is 7.99. The SMILES string of the molecule is C=NC(N=C(NNCC1(C)CCC1)Nc1ccccc1)C(C)(C)C=CC. The molecule has 0 spiro atoms. The van der Waals surface area contributed by atoms with E-state index in [1.165, 1.54) is 19.3 Å². The van der Waals surface area contributed by atoms with Gasteiger partial charge in [0.15, 0.2) is 6.17 Å². The zero-order chi connectivity index (χ0) is 19.0. The van der Waals surface area contributed by atoms with Crippen molar-refractivity contribution in [2.45, 2.75) is 53.1 Å². The number of guanidine groups is 1. The number of nitrogens with one attached hydrogen (secondary N) is 3. The molecule has 1 aliphatic carbocycles. The van der Waals surface area contributed by atoms with Crippen molar-refractivity contribution < 1.29 is 0 Å². The molecule has 2 rings (SSSR count). The van der Waals surface area contributed by atoms with E-state index in [-0.39, 0.29) is 11.6 Å². The van der Waals surface area contributed by atoms with Crippen molar-refractivity contribution in [3.8, 4) is 0 Å². The monoisotopic (exact) mass is 355 g/mol. The number of allylic oxidation sites excluding steroid dienone is 1. The highest BCUT2D eigenvalue weighted by molar-refractivity contribution is 5.93. The van der Waals surface area contributed by atoms with Crippen molar-refractivity contribution >= 4 is 18.4 Å². The van der Waals surface area contributed by atoms with Crippen LogP contribution in [-0.4, -0.2) is 25.4 Å². The van der Waals surface area contributed by atoms with Gasteiger partial charge in [0, 0.05) is 17.6 Å². The molecule has 1 atom stereocenters. The van der Waals surface area contributed by atoms with Crippen molar-refractivity contribution in [1.82, 2.24) is 10.9 Å². The summed E-state index contributed by atoms with van der Waals surface area (Å²) in [6.45, 7) is 13.2. The maximum atomic E-state index is 4.80. The van der Waals surface area contributed by atoms with Crippen LogP contribution in [0.4, 0.5) is 5.69 Å². The standard InChI is InChI=1S/C21H33N5/c1-6-13-20(2,3)18(22-5)25-19(24-17-11-8-7-9-12-17)26-23-16-21(4)14-10-15-21/h6-9,11-13,18,23H,5,10,14-16H2,1-4H3,(H2,24,25,26). The van der Waals surface area contributed by atoms with E-state index in [2.05, 4.69) is 54.7 Å². The number of anilines is 1. The van der Waals surface area contributed by atoms with Crippen LogP contribution in [0.1, 0.15) is 47.0 Å². The molecule has 0 amide bonds. The number of hydrazine groups is 1. The molecule has 1 aromatic carbocycles. The van der Waals surface area contributed by atoms with Crippen LogP contribution in [0.3, 0.4) is 0 Å². The summed E-state index contributed by atoms with van der Waals surface area (Å²) in [5.74, 6) is 0.647. The second-order valence-electron chi connectivity index (χ2n) is 7.99. The molecule has 0 saturated heterocycles. The number of hydrogen-bond acceptors (Lipinski definition) is 3. The van der Waals surface area contributed by atoms with Crippen LogP contribution in [0, 0.1) is 10.8 Å². The van der Waals surface area contributed by atoms with Gasteiger partial charge in [-0.2, -0.15) is 0 Å². The smallest absolute Gasteiger partial charge is 0.212 e. The molecule has 0 bridgehead atoms. The minimum Gasteiger partial charge on any atom is -0.325 e. The van der Waals surface area contributed by atoms with Crippen LogP contribution >= 0.6 is 0 Å². The predicted octanol–water partition coefficient (Wildman–Crippen LogP) is 4.37. The summed E-state index contributed by atoms with van der Waals surface area (Å²) in [7, 11) is 0. The summed E-state index contributed by atoms with van der Waals surface area (Å²) in [5, 5.41) is 3.34. The van der Waals surface area contributed by atoms with E-state index in [0.29, 0.717) is 11.4 Å². The third-order valence-corrected chi connectivity index (χ3v) is 5.01. The van der Waals surface area contributed by atoms with Crippen LogP contribution < -0.4 is 16.2 Å². The Hall–Kier alpha value is -2.14. The Bertz CT molecular complexity index is 629. The maximum absolute atomic E-state index is 4.80. The first-order chi connectivity index (χ1) is 12.4. The Morgan fingerprint density at radius 1 is 1.31 bits per heavy atom. The van der Waals surface area contributed by atoms with Gasteiger partial charge in [0.25, 0.3) is 0 Å². The van der Waals surface area contributed by atoms with E-state index in [0.717, 1.165) is 12.2 Å². The van der Waals surface area contributed by atoms with Crippen LogP contribution in [0.25, 0.3) is 0 Å². The van der Waals surface area contributed by atoms with E-state index in [1.807, 2.05) is 43.3 Å². The molecule has 0 radical (unpaired) electrons. The lowest BCUT2D eigenvalue weighted by Crippen LogP contribution is -2.48. The highest BCUT2D eigenvalue weighted by atomic mass is 15.4. The van der Waals surface area contributed by atoms with E-state index in [1.54, 1.807) is 0 Å². The topological polar surface area (TPSA) is 60.8 Å². The van der Waals surface area contributed by atoms with Gasteiger partial charge in [-0.25, -0.2) is 10.4 Å². The number of aliphatic imine (C=N–C) groups is 2. The Morgan fingerprint density at radius 2 is 2.00 bits per heavy atom. The molecule has 1 fully saturated rings. The highest BCUT2D eigenvalue weighted by Gasteiger charge is 2.31. The quantitative estimate of drug-likeness (QED) is 0.281. The molecule has 0 aromatic heterocycles.